The average Bonchev–Trinajstić information content (AvgIpc) is 2.29. The molecule has 0 aliphatic rings. The molecule has 0 unspecified atom stereocenters. The number of halogens is 4. The van der Waals surface area contributed by atoms with Gasteiger partial charge in [0.1, 0.15) is 0 Å². The van der Waals surface area contributed by atoms with Gasteiger partial charge in [-0.2, -0.15) is 9.49 Å². The fourth-order valence-corrected chi connectivity index (χ4v) is 0.843. The molecule has 0 aromatic carbocycles. The Kier molecular flexibility index (Phi) is 2.68. The van der Waals surface area contributed by atoms with E-state index in [4.69, 9.17) is 0 Å². The van der Waals surface area contributed by atoms with Gasteiger partial charge in [-0.1, -0.05) is 0 Å². The summed E-state index contributed by atoms with van der Waals surface area (Å²) in [6.45, 7) is 3.09. The number of hydrogen-bond donors (Lipinski definition) is 0. The topological polar surface area (TPSA) is 27.1 Å². The zero-order valence-electron chi connectivity index (χ0n) is 7.39. The highest BCUT2D eigenvalue weighted by Gasteiger charge is 2.35. The molecule has 7 heteroatoms. The number of aromatic nitrogens is 2. The van der Waals surface area contributed by atoms with Crippen molar-refractivity contribution in [3.05, 3.63) is 12.0 Å². The van der Waals surface area contributed by atoms with Crippen LogP contribution in [0.25, 0.3) is 0 Å². The Morgan fingerprint density at radius 1 is 1.43 bits per heavy atom. The average molecular weight is 211 g/mol. The monoisotopic (exact) mass is 211 g/mol. The van der Waals surface area contributed by atoms with Crippen molar-refractivity contribution in [3.8, 4) is 5.88 Å². The summed E-state index contributed by atoms with van der Waals surface area (Å²) < 4.78 is 52.4. The van der Waals surface area contributed by atoms with Crippen LogP contribution in [0.1, 0.15) is 19.9 Å². The molecule has 0 atom stereocenters. The molecule has 0 spiro atoms. The summed E-state index contributed by atoms with van der Waals surface area (Å²) in [7, 11) is 0. The number of alkyl halides is 3. The normalized spacial score (nSPS) is 12.2. The maximum atomic E-state index is 12.7. The minimum atomic E-state index is -4.93. The van der Waals surface area contributed by atoms with Gasteiger partial charge in [0.05, 0.1) is 6.04 Å². The number of rotatable bonds is 2. The fraction of sp³-hybridized carbons (Fsp3) is 0.571. The van der Waals surface area contributed by atoms with Gasteiger partial charge in [-0.05, 0) is 13.8 Å². The molecule has 1 aromatic rings. The molecule has 3 nitrogen and oxygen atoms in total. The first-order valence-corrected chi connectivity index (χ1v) is 3.72. The van der Waals surface area contributed by atoms with E-state index >= 15 is 0 Å². The lowest BCUT2D eigenvalue weighted by Gasteiger charge is -2.12. The maximum Gasteiger partial charge on any atom is 0.574 e. The van der Waals surface area contributed by atoms with Crippen molar-refractivity contribution < 1.29 is 22.3 Å². The standard InChI is InChI=1S/C7H7F4N2O/c1-4(2)13-6(5(8)3-12-13)14-7(9,10)11/h4H,1-2H3. The van der Waals surface area contributed by atoms with Gasteiger partial charge >= 0.3 is 6.36 Å². The molecule has 0 amide bonds. The third kappa shape index (κ3) is 2.36. The first-order valence-electron chi connectivity index (χ1n) is 3.72. The fourth-order valence-electron chi connectivity index (χ4n) is 0.843. The maximum absolute atomic E-state index is 12.7. The molecule has 0 fully saturated rings. The van der Waals surface area contributed by atoms with E-state index in [2.05, 4.69) is 9.84 Å². The SMILES string of the molecule is CC(C)n1n[c]c(F)c1OC(F)(F)F. The molecule has 1 aromatic heterocycles. The van der Waals surface area contributed by atoms with Crippen molar-refractivity contribution in [2.24, 2.45) is 0 Å². The second kappa shape index (κ2) is 3.47. The Balaban J connectivity index is 3.00. The van der Waals surface area contributed by atoms with Crippen molar-refractivity contribution >= 4 is 0 Å². The smallest absolute Gasteiger partial charge is 0.385 e. The molecule has 1 rings (SSSR count). The highest BCUT2D eigenvalue weighted by atomic mass is 19.4. The molecule has 0 bridgehead atoms. The minimum Gasteiger partial charge on any atom is -0.385 e. The third-order valence-electron chi connectivity index (χ3n) is 1.35. The van der Waals surface area contributed by atoms with Crippen LogP contribution in [0.4, 0.5) is 17.6 Å². The molecule has 14 heavy (non-hydrogen) atoms. The summed E-state index contributed by atoms with van der Waals surface area (Å²) in [6, 6.07) is -0.437. The van der Waals surface area contributed by atoms with E-state index in [-0.39, 0.29) is 0 Å². The van der Waals surface area contributed by atoms with E-state index in [0.717, 1.165) is 4.68 Å². The first kappa shape index (κ1) is 10.8. The van der Waals surface area contributed by atoms with Crippen molar-refractivity contribution in [2.75, 3.05) is 0 Å². The van der Waals surface area contributed by atoms with Gasteiger partial charge in [-0.15, -0.1) is 13.2 Å². The summed E-state index contributed by atoms with van der Waals surface area (Å²) in [6.07, 6.45) is -3.17. The third-order valence-corrected chi connectivity index (χ3v) is 1.35. The Bertz CT molecular complexity index is 318. The highest BCUT2D eigenvalue weighted by molar-refractivity contribution is 5.11. The van der Waals surface area contributed by atoms with Crippen molar-refractivity contribution in [3.63, 3.8) is 0 Å². The summed E-state index contributed by atoms with van der Waals surface area (Å²) in [5.41, 5.74) is 0. The lowest BCUT2D eigenvalue weighted by molar-refractivity contribution is -0.278. The highest BCUT2D eigenvalue weighted by Crippen LogP contribution is 2.26. The van der Waals surface area contributed by atoms with Crippen LogP contribution in [-0.2, 0) is 0 Å². The van der Waals surface area contributed by atoms with Crippen LogP contribution in [0.2, 0.25) is 0 Å². The van der Waals surface area contributed by atoms with Crippen LogP contribution < -0.4 is 4.74 Å². The molecule has 1 radical (unpaired) electrons. The summed E-state index contributed by atoms with van der Waals surface area (Å²) >= 11 is 0. The van der Waals surface area contributed by atoms with Crippen molar-refractivity contribution in [2.45, 2.75) is 26.3 Å². The van der Waals surface area contributed by atoms with Gasteiger partial charge in [0.15, 0.2) is 6.20 Å². The lowest BCUT2D eigenvalue weighted by atomic mass is 10.4. The molecular weight excluding hydrogens is 204 g/mol. The number of nitrogens with zero attached hydrogens (tertiary/aromatic N) is 2. The van der Waals surface area contributed by atoms with Crippen LogP contribution in [0.5, 0.6) is 5.88 Å². The molecular formula is C7H7F4N2O. The lowest BCUT2D eigenvalue weighted by Crippen LogP contribution is -2.21. The van der Waals surface area contributed by atoms with Crippen LogP contribution in [-0.4, -0.2) is 16.1 Å². The second-order valence-corrected chi connectivity index (χ2v) is 2.82. The van der Waals surface area contributed by atoms with E-state index in [9.17, 15) is 17.6 Å². The van der Waals surface area contributed by atoms with Crippen LogP contribution in [0, 0.1) is 12.0 Å². The van der Waals surface area contributed by atoms with Gasteiger partial charge in [0, 0.05) is 0 Å². The Morgan fingerprint density at radius 3 is 2.43 bits per heavy atom. The predicted molar refractivity (Wildman–Crippen MR) is 38.1 cm³/mol. The summed E-state index contributed by atoms with van der Waals surface area (Å²) in [5, 5.41) is 3.29. The molecule has 0 saturated carbocycles. The van der Waals surface area contributed by atoms with Crippen LogP contribution in [0.15, 0.2) is 0 Å². The quantitative estimate of drug-likeness (QED) is 0.702. The van der Waals surface area contributed by atoms with E-state index in [0.29, 0.717) is 0 Å². The van der Waals surface area contributed by atoms with Crippen LogP contribution >= 0.6 is 0 Å². The number of ether oxygens (including phenoxy) is 1. The van der Waals surface area contributed by atoms with Crippen molar-refractivity contribution in [1.29, 1.82) is 0 Å². The predicted octanol–water partition coefficient (Wildman–Crippen LogP) is 2.30. The Labute approximate surface area is 77.3 Å². The molecule has 0 aliphatic carbocycles. The van der Waals surface area contributed by atoms with Gasteiger partial charge in [-0.25, -0.2) is 4.68 Å². The zero-order valence-corrected chi connectivity index (χ0v) is 7.39. The summed E-state index contributed by atoms with van der Waals surface area (Å²) in [5.74, 6) is -2.22. The van der Waals surface area contributed by atoms with E-state index in [1.807, 2.05) is 0 Å². The van der Waals surface area contributed by atoms with Gasteiger partial charge in [0.25, 0.3) is 5.88 Å². The van der Waals surface area contributed by atoms with E-state index < -0.39 is 24.1 Å². The molecule has 0 aliphatic heterocycles. The molecule has 0 saturated heterocycles. The van der Waals surface area contributed by atoms with Crippen molar-refractivity contribution in [1.82, 2.24) is 9.78 Å². The van der Waals surface area contributed by atoms with E-state index in [1.165, 1.54) is 0 Å². The minimum absolute atomic E-state index is 0.437. The summed E-state index contributed by atoms with van der Waals surface area (Å²) in [4.78, 5) is 0. The van der Waals surface area contributed by atoms with Gasteiger partial charge in [-0.3, -0.25) is 0 Å². The largest absolute Gasteiger partial charge is 0.574 e. The Hall–Kier alpha value is -1.27. The van der Waals surface area contributed by atoms with E-state index in [1.54, 1.807) is 20.0 Å². The number of hydrogen-bond acceptors (Lipinski definition) is 2. The molecule has 0 N–H and O–H groups in total. The van der Waals surface area contributed by atoms with Crippen LogP contribution in [0.3, 0.4) is 0 Å². The molecule has 79 valence electrons. The second-order valence-electron chi connectivity index (χ2n) is 2.82. The molecule has 1 heterocycles. The first-order chi connectivity index (χ1) is 6.31. The zero-order chi connectivity index (χ0) is 10.9. The Morgan fingerprint density at radius 2 is 2.00 bits per heavy atom. The van der Waals surface area contributed by atoms with Gasteiger partial charge in [0.2, 0.25) is 5.82 Å². The van der Waals surface area contributed by atoms with Gasteiger partial charge < -0.3 is 4.74 Å².